The van der Waals surface area contributed by atoms with Gasteiger partial charge in [-0.15, -0.1) is 14.8 Å². The summed E-state index contributed by atoms with van der Waals surface area (Å²) in [5, 5.41) is 23.9. The molecule has 0 saturated carbocycles. The molecule has 0 atom stereocenters. The van der Waals surface area contributed by atoms with Crippen LogP contribution in [0.15, 0.2) is 12.1 Å². The third-order valence-corrected chi connectivity index (χ3v) is 2.80. The number of carboxylic acids is 1. The molecule has 0 unspecified atom stereocenters. The molecule has 0 spiro atoms. The number of nitrogens with zero attached hydrogens (tertiary/aromatic N) is 6. The fraction of sp³-hybridized carbons (Fsp3) is 0.444. The average molecular weight is 234 g/mol. The van der Waals surface area contributed by atoms with Gasteiger partial charge in [0.05, 0.1) is 6.42 Å². The summed E-state index contributed by atoms with van der Waals surface area (Å²) in [6.07, 6.45) is 0.212. The smallest absolute Gasteiger partial charge is 0.303 e. The summed E-state index contributed by atoms with van der Waals surface area (Å²) in [5.74, 6) is 0.226. The van der Waals surface area contributed by atoms with Gasteiger partial charge < -0.3 is 10.0 Å². The number of hydrogen-bond acceptors (Lipinski definition) is 6. The second-order valence-electron chi connectivity index (χ2n) is 4.09. The summed E-state index contributed by atoms with van der Waals surface area (Å²) in [6.45, 7) is 1.43. The van der Waals surface area contributed by atoms with Crippen molar-refractivity contribution in [2.75, 3.05) is 18.0 Å². The number of hydrogen-bond donors (Lipinski definition) is 1. The van der Waals surface area contributed by atoms with Crippen LogP contribution in [-0.2, 0) is 4.79 Å². The van der Waals surface area contributed by atoms with Crippen molar-refractivity contribution < 1.29 is 9.90 Å². The number of anilines is 1. The van der Waals surface area contributed by atoms with Gasteiger partial charge in [-0.2, -0.15) is 0 Å². The topological polar surface area (TPSA) is 96.5 Å². The molecule has 1 N–H and O–H groups in total. The summed E-state index contributed by atoms with van der Waals surface area (Å²) >= 11 is 0. The highest BCUT2D eigenvalue weighted by molar-refractivity contribution is 5.67. The molecule has 1 aliphatic heterocycles. The van der Waals surface area contributed by atoms with Gasteiger partial charge in [0, 0.05) is 19.0 Å². The molecule has 1 fully saturated rings. The molecular formula is C9H10N6O2. The van der Waals surface area contributed by atoms with Crippen molar-refractivity contribution in [2.45, 2.75) is 6.42 Å². The minimum absolute atomic E-state index is 0.207. The van der Waals surface area contributed by atoms with Gasteiger partial charge in [0.2, 0.25) is 0 Å². The molecule has 0 bridgehead atoms. The predicted octanol–water partition coefficient (Wildman–Crippen LogP) is -0.570. The van der Waals surface area contributed by atoms with Gasteiger partial charge in [-0.25, -0.2) is 0 Å². The fourth-order valence-electron chi connectivity index (χ4n) is 1.94. The van der Waals surface area contributed by atoms with E-state index in [0.29, 0.717) is 18.7 Å². The Bertz CT molecular complexity index is 561. The molecular weight excluding hydrogens is 224 g/mol. The first kappa shape index (κ1) is 9.94. The number of fused-ring (bicyclic) bond motifs is 1. The Balaban J connectivity index is 1.71. The summed E-state index contributed by atoms with van der Waals surface area (Å²) in [5.41, 5.74) is 0.594. The largest absolute Gasteiger partial charge is 0.481 e. The molecule has 17 heavy (non-hydrogen) atoms. The van der Waals surface area contributed by atoms with Gasteiger partial charge in [-0.1, -0.05) is 0 Å². The van der Waals surface area contributed by atoms with Crippen LogP contribution in [0.5, 0.6) is 0 Å². The summed E-state index contributed by atoms with van der Waals surface area (Å²) < 4.78 is 1.36. The van der Waals surface area contributed by atoms with Gasteiger partial charge in [0.25, 0.3) is 0 Å². The van der Waals surface area contributed by atoms with E-state index in [1.54, 1.807) is 6.07 Å². The highest BCUT2D eigenvalue weighted by Gasteiger charge is 2.29. The molecule has 3 heterocycles. The van der Waals surface area contributed by atoms with Crippen LogP contribution in [-0.4, -0.2) is 49.4 Å². The van der Waals surface area contributed by atoms with E-state index in [2.05, 4.69) is 20.6 Å². The second-order valence-corrected chi connectivity index (χ2v) is 4.09. The Labute approximate surface area is 95.8 Å². The van der Waals surface area contributed by atoms with Crippen LogP contribution >= 0.6 is 0 Å². The van der Waals surface area contributed by atoms with Crippen LogP contribution in [0.3, 0.4) is 0 Å². The SMILES string of the molecule is O=C(O)CC1CN(c2ccc3nnnn3n2)C1. The van der Waals surface area contributed by atoms with E-state index in [9.17, 15) is 4.79 Å². The lowest BCUT2D eigenvalue weighted by molar-refractivity contribution is -0.138. The van der Waals surface area contributed by atoms with Crippen molar-refractivity contribution in [3.63, 3.8) is 0 Å². The number of tetrazole rings is 1. The Morgan fingerprint density at radius 1 is 1.47 bits per heavy atom. The van der Waals surface area contributed by atoms with Gasteiger partial charge in [-0.05, 0) is 22.6 Å². The third kappa shape index (κ3) is 1.77. The molecule has 0 amide bonds. The van der Waals surface area contributed by atoms with Gasteiger partial charge in [0.1, 0.15) is 0 Å². The summed E-state index contributed by atoms with van der Waals surface area (Å²) in [6, 6.07) is 3.62. The molecule has 8 nitrogen and oxygen atoms in total. The van der Waals surface area contributed by atoms with Crippen molar-refractivity contribution in [1.29, 1.82) is 0 Å². The monoisotopic (exact) mass is 234 g/mol. The molecule has 0 aromatic carbocycles. The fourth-order valence-corrected chi connectivity index (χ4v) is 1.94. The van der Waals surface area contributed by atoms with Crippen LogP contribution in [0.1, 0.15) is 6.42 Å². The standard InChI is InChI=1S/C9H10N6O2/c16-9(17)3-6-4-14(5-6)8-2-1-7-10-12-13-15(7)11-8/h1-2,6H,3-5H2,(H,16,17). The quantitative estimate of drug-likeness (QED) is 0.759. The molecule has 1 aliphatic rings. The lowest BCUT2D eigenvalue weighted by atomic mass is 9.96. The van der Waals surface area contributed by atoms with E-state index in [4.69, 9.17) is 5.11 Å². The number of carboxylic acid groups (broad SMARTS) is 1. The van der Waals surface area contributed by atoms with Crippen molar-refractivity contribution in [1.82, 2.24) is 25.3 Å². The first-order valence-electron chi connectivity index (χ1n) is 5.24. The Kier molecular flexibility index (Phi) is 2.13. The third-order valence-electron chi connectivity index (χ3n) is 2.80. The van der Waals surface area contributed by atoms with Gasteiger partial charge >= 0.3 is 5.97 Å². The van der Waals surface area contributed by atoms with Crippen molar-refractivity contribution >= 4 is 17.4 Å². The number of rotatable bonds is 3. The average Bonchev–Trinajstić information content (AvgIpc) is 2.69. The Morgan fingerprint density at radius 3 is 3.06 bits per heavy atom. The van der Waals surface area contributed by atoms with Crippen LogP contribution < -0.4 is 4.90 Å². The maximum absolute atomic E-state index is 10.5. The predicted molar refractivity (Wildman–Crippen MR) is 56.5 cm³/mol. The summed E-state index contributed by atoms with van der Waals surface area (Å²) in [7, 11) is 0. The van der Waals surface area contributed by atoms with Crippen molar-refractivity contribution in [3.8, 4) is 0 Å². The van der Waals surface area contributed by atoms with Crippen LogP contribution in [0.25, 0.3) is 5.65 Å². The van der Waals surface area contributed by atoms with Crippen molar-refractivity contribution in [3.05, 3.63) is 12.1 Å². The minimum Gasteiger partial charge on any atom is -0.481 e. The van der Waals surface area contributed by atoms with Crippen LogP contribution in [0, 0.1) is 5.92 Å². The number of carbonyl (C=O) groups is 1. The molecule has 0 aliphatic carbocycles. The highest BCUT2D eigenvalue weighted by Crippen LogP contribution is 2.24. The zero-order valence-electron chi connectivity index (χ0n) is 8.89. The van der Waals surface area contributed by atoms with E-state index < -0.39 is 5.97 Å². The van der Waals surface area contributed by atoms with Crippen LogP contribution in [0.2, 0.25) is 0 Å². The molecule has 3 rings (SSSR count). The normalized spacial score (nSPS) is 16.1. The molecule has 88 valence electrons. The van der Waals surface area contributed by atoms with Crippen molar-refractivity contribution in [2.24, 2.45) is 5.92 Å². The molecule has 2 aromatic heterocycles. The lowest BCUT2D eigenvalue weighted by Crippen LogP contribution is -2.48. The van der Waals surface area contributed by atoms with Gasteiger partial charge in [-0.3, -0.25) is 4.79 Å². The van der Waals surface area contributed by atoms with E-state index in [0.717, 1.165) is 5.82 Å². The molecule has 0 radical (unpaired) electrons. The van der Waals surface area contributed by atoms with E-state index in [1.165, 1.54) is 4.63 Å². The minimum atomic E-state index is -0.751. The number of aromatic nitrogens is 5. The van der Waals surface area contributed by atoms with Gasteiger partial charge in [0.15, 0.2) is 11.5 Å². The zero-order chi connectivity index (χ0) is 11.8. The molecule has 1 saturated heterocycles. The van der Waals surface area contributed by atoms with E-state index in [-0.39, 0.29) is 12.3 Å². The Hall–Kier alpha value is -2.25. The van der Waals surface area contributed by atoms with E-state index in [1.807, 2.05) is 11.0 Å². The zero-order valence-corrected chi connectivity index (χ0v) is 8.89. The summed E-state index contributed by atoms with van der Waals surface area (Å²) in [4.78, 5) is 12.5. The lowest BCUT2D eigenvalue weighted by Gasteiger charge is -2.39. The number of aliphatic carboxylic acids is 1. The molecule has 2 aromatic rings. The highest BCUT2D eigenvalue weighted by atomic mass is 16.4. The maximum atomic E-state index is 10.5. The molecule has 8 heteroatoms. The Morgan fingerprint density at radius 2 is 2.29 bits per heavy atom. The van der Waals surface area contributed by atoms with E-state index >= 15 is 0 Å². The maximum Gasteiger partial charge on any atom is 0.303 e. The van der Waals surface area contributed by atoms with Crippen LogP contribution in [0.4, 0.5) is 5.82 Å². The first-order chi connectivity index (χ1) is 8.22. The first-order valence-corrected chi connectivity index (χ1v) is 5.24. The second kappa shape index (κ2) is 3.65.